The van der Waals surface area contributed by atoms with Gasteiger partial charge in [-0.05, 0) is 19.9 Å². The standard InChI is InChI=1S/C11H9ClF3N3O2/c1-5-3-8(12)18-10(17-5)16-4-7(6(2)19)9(20)11(13,14)15/h3-4,20H,1-2H3. The zero-order valence-corrected chi connectivity index (χ0v) is 11.1. The topological polar surface area (TPSA) is 75.4 Å². The molecule has 0 spiro atoms. The van der Waals surface area contributed by atoms with Crippen LogP contribution in [0.15, 0.2) is 22.4 Å². The van der Waals surface area contributed by atoms with E-state index in [-0.39, 0.29) is 11.1 Å². The van der Waals surface area contributed by atoms with E-state index in [4.69, 9.17) is 16.7 Å². The van der Waals surface area contributed by atoms with Crippen LogP contribution in [-0.2, 0) is 4.79 Å². The molecular weight excluding hydrogens is 299 g/mol. The number of alkyl halides is 3. The molecule has 1 N–H and O–H groups in total. The van der Waals surface area contributed by atoms with Gasteiger partial charge in [-0.25, -0.2) is 9.98 Å². The second kappa shape index (κ2) is 6.00. The summed E-state index contributed by atoms with van der Waals surface area (Å²) in [6.45, 7) is 2.45. The SMILES string of the molecule is CC(=O)C(C=Nc1nc(C)cc(Cl)n1)=C(O)C(F)(F)F. The third-order valence-corrected chi connectivity index (χ3v) is 2.22. The molecule has 1 heterocycles. The zero-order chi connectivity index (χ0) is 15.5. The van der Waals surface area contributed by atoms with Crippen LogP contribution >= 0.6 is 11.6 Å². The van der Waals surface area contributed by atoms with E-state index in [1.165, 1.54) is 6.07 Å². The van der Waals surface area contributed by atoms with Crippen LogP contribution in [0.2, 0.25) is 5.15 Å². The van der Waals surface area contributed by atoms with Gasteiger partial charge in [-0.15, -0.1) is 0 Å². The normalized spacial score (nSPS) is 13.5. The van der Waals surface area contributed by atoms with Gasteiger partial charge in [0.25, 0.3) is 5.95 Å². The summed E-state index contributed by atoms with van der Waals surface area (Å²) >= 11 is 5.63. The van der Waals surface area contributed by atoms with E-state index in [0.29, 0.717) is 11.9 Å². The Morgan fingerprint density at radius 2 is 2.05 bits per heavy atom. The van der Waals surface area contributed by atoms with Gasteiger partial charge in [0.2, 0.25) is 5.76 Å². The molecule has 0 atom stereocenters. The van der Waals surface area contributed by atoms with Crippen LogP contribution in [0.4, 0.5) is 19.1 Å². The van der Waals surface area contributed by atoms with Gasteiger partial charge in [-0.1, -0.05) is 11.6 Å². The zero-order valence-electron chi connectivity index (χ0n) is 10.4. The minimum Gasteiger partial charge on any atom is -0.504 e. The fourth-order valence-corrected chi connectivity index (χ4v) is 1.40. The van der Waals surface area contributed by atoms with Gasteiger partial charge in [0.05, 0.1) is 5.57 Å². The molecule has 1 rings (SSSR count). The average Bonchev–Trinajstić information content (AvgIpc) is 2.25. The summed E-state index contributed by atoms with van der Waals surface area (Å²) in [5.74, 6) is -3.24. The van der Waals surface area contributed by atoms with Crippen LogP contribution in [0.1, 0.15) is 12.6 Å². The molecule has 9 heteroatoms. The Balaban J connectivity index is 3.21. The van der Waals surface area contributed by atoms with Gasteiger partial charge < -0.3 is 5.11 Å². The molecule has 0 bridgehead atoms. The number of aliphatic hydroxyl groups excluding tert-OH is 1. The summed E-state index contributed by atoms with van der Waals surface area (Å²) in [4.78, 5) is 22.1. The minimum atomic E-state index is -5.04. The van der Waals surface area contributed by atoms with Gasteiger partial charge in [-0.3, -0.25) is 4.79 Å². The first kappa shape index (κ1) is 16.1. The van der Waals surface area contributed by atoms with E-state index in [1.54, 1.807) is 6.92 Å². The lowest BCUT2D eigenvalue weighted by Gasteiger charge is -2.07. The van der Waals surface area contributed by atoms with Crippen LogP contribution < -0.4 is 0 Å². The van der Waals surface area contributed by atoms with E-state index in [2.05, 4.69) is 15.0 Å². The Morgan fingerprint density at radius 3 is 2.50 bits per heavy atom. The van der Waals surface area contributed by atoms with Gasteiger partial charge in [0.1, 0.15) is 5.15 Å². The van der Waals surface area contributed by atoms with Crippen LogP contribution in [0.3, 0.4) is 0 Å². The lowest BCUT2D eigenvalue weighted by Crippen LogP contribution is -2.17. The molecule has 1 aromatic heterocycles. The van der Waals surface area contributed by atoms with Crippen LogP contribution in [-0.4, -0.2) is 33.2 Å². The number of hydrogen-bond donors (Lipinski definition) is 1. The highest BCUT2D eigenvalue weighted by molar-refractivity contribution is 6.29. The number of ketones is 1. The highest BCUT2D eigenvalue weighted by Gasteiger charge is 2.37. The summed E-state index contributed by atoms with van der Waals surface area (Å²) in [6.07, 6.45) is -4.49. The second-order valence-electron chi connectivity index (χ2n) is 3.71. The summed E-state index contributed by atoms with van der Waals surface area (Å²) in [6, 6.07) is 1.43. The first-order chi connectivity index (χ1) is 9.11. The van der Waals surface area contributed by atoms with Crippen molar-refractivity contribution in [3.05, 3.63) is 28.2 Å². The number of halogens is 4. The maximum absolute atomic E-state index is 12.3. The van der Waals surface area contributed by atoms with Gasteiger partial charge in [0.15, 0.2) is 5.78 Å². The maximum atomic E-state index is 12.3. The molecule has 5 nitrogen and oxygen atoms in total. The molecular formula is C11H9ClF3N3O2. The Hall–Kier alpha value is -1.96. The molecule has 0 unspecified atom stereocenters. The van der Waals surface area contributed by atoms with E-state index in [1.807, 2.05) is 0 Å². The molecule has 1 aromatic rings. The Bertz CT molecular complexity index is 577. The number of aliphatic hydroxyl groups is 1. The number of aryl methyl sites for hydroxylation is 1. The second-order valence-corrected chi connectivity index (χ2v) is 4.09. The Kier molecular flexibility index (Phi) is 4.83. The van der Waals surface area contributed by atoms with Gasteiger partial charge >= 0.3 is 6.18 Å². The molecule has 0 saturated carbocycles. The summed E-state index contributed by atoms with van der Waals surface area (Å²) in [7, 11) is 0. The van der Waals surface area contributed by atoms with Gasteiger partial charge in [0, 0.05) is 11.9 Å². The lowest BCUT2D eigenvalue weighted by atomic mass is 10.1. The predicted octanol–water partition coefficient (Wildman–Crippen LogP) is 3.10. The van der Waals surface area contributed by atoms with Crippen molar-refractivity contribution < 1.29 is 23.1 Å². The van der Waals surface area contributed by atoms with Crippen molar-refractivity contribution >= 4 is 29.5 Å². The molecule has 0 saturated heterocycles. The van der Waals surface area contributed by atoms with Crippen LogP contribution in [0.25, 0.3) is 0 Å². The van der Waals surface area contributed by atoms with E-state index < -0.39 is 23.3 Å². The first-order valence-electron chi connectivity index (χ1n) is 5.18. The number of allylic oxidation sites excluding steroid dienone is 2. The molecule has 0 amide bonds. The highest BCUT2D eigenvalue weighted by Crippen LogP contribution is 2.26. The van der Waals surface area contributed by atoms with E-state index >= 15 is 0 Å². The van der Waals surface area contributed by atoms with Crippen molar-refractivity contribution in [1.29, 1.82) is 0 Å². The molecule has 0 aliphatic carbocycles. The Morgan fingerprint density at radius 1 is 1.45 bits per heavy atom. The monoisotopic (exact) mass is 307 g/mol. The van der Waals surface area contributed by atoms with Crippen molar-refractivity contribution in [3.63, 3.8) is 0 Å². The van der Waals surface area contributed by atoms with E-state index in [9.17, 15) is 18.0 Å². The Labute approximate surface area is 116 Å². The van der Waals surface area contributed by atoms with Crippen LogP contribution in [0, 0.1) is 6.92 Å². The third-order valence-electron chi connectivity index (χ3n) is 2.02. The summed E-state index contributed by atoms with van der Waals surface area (Å²) < 4.78 is 37.0. The number of carbonyl (C=O) groups excluding carboxylic acids is 1. The summed E-state index contributed by atoms with van der Waals surface area (Å²) in [5.41, 5.74) is -0.538. The predicted molar refractivity (Wildman–Crippen MR) is 66.3 cm³/mol. The molecule has 108 valence electrons. The molecule has 0 radical (unpaired) electrons. The fourth-order valence-electron chi connectivity index (χ4n) is 1.17. The fraction of sp³-hybridized carbons (Fsp3) is 0.273. The average molecular weight is 308 g/mol. The number of hydrogen-bond acceptors (Lipinski definition) is 5. The largest absolute Gasteiger partial charge is 0.504 e. The lowest BCUT2D eigenvalue weighted by molar-refractivity contribution is -0.125. The third kappa shape index (κ3) is 4.30. The number of aromatic nitrogens is 2. The van der Waals surface area contributed by atoms with Crippen molar-refractivity contribution in [2.24, 2.45) is 4.99 Å². The number of nitrogens with zero attached hydrogens (tertiary/aromatic N) is 3. The highest BCUT2D eigenvalue weighted by atomic mass is 35.5. The molecule has 0 fully saturated rings. The van der Waals surface area contributed by atoms with E-state index in [0.717, 1.165) is 6.92 Å². The van der Waals surface area contributed by atoms with Crippen molar-refractivity contribution in [2.45, 2.75) is 20.0 Å². The number of Topliss-reactive ketones (excluding diaryl/α,β-unsaturated/α-hetero) is 1. The number of rotatable bonds is 3. The van der Waals surface area contributed by atoms with Crippen molar-refractivity contribution in [2.75, 3.05) is 0 Å². The van der Waals surface area contributed by atoms with Crippen molar-refractivity contribution in [3.8, 4) is 0 Å². The van der Waals surface area contributed by atoms with Crippen LogP contribution in [0.5, 0.6) is 0 Å². The molecule has 0 aliphatic heterocycles. The number of aliphatic imine (C=N–C) groups is 1. The molecule has 0 aromatic carbocycles. The smallest absolute Gasteiger partial charge is 0.449 e. The van der Waals surface area contributed by atoms with Crippen molar-refractivity contribution in [1.82, 2.24) is 9.97 Å². The van der Waals surface area contributed by atoms with Gasteiger partial charge in [-0.2, -0.15) is 18.2 Å². The molecule has 0 aliphatic rings. The number of carbonyl (C=O) groups is 1. The summed E-state index contributed by atoms with van der Waals surface area (Å²) in [5, 5.41) is 9.03. The first-order valence-corrected chi connectivity index (χ1v) is 5.55. The maximum Gasteiger partial charge on any atom is 0.449 e. The molecule has 20 heavy (non-hydrogen) atoms. The minimum absolute atomic E-state index is 0.0537. The quantitative estimate of drug-likeness (QED) is 0.403.